The lowest BCUT2D eigenvalue weighted by molar-refractivity contribution is 1.01. The van der Waals surface area contributed by atoms with Crippen LogP contribution in [0.15, 0.2) is 0 Å². The lowest BCUT2D eigenvalue weighted by Crippen LogP contribution is -2.13. The van der Waals surface area contributed by atoms with Crippen LogP contribution in [0.2, 0.25) is 0 Å². The molecule has 2 heteroatoms. The van der Waals surface area contributed by atoms with Crippen LogP contribution >= 0.6 is 0 Å². The first-order valence-electron chi connectivity index (χ1n) is 2.65. The van der Waals surface area contributed by atoms with Crippen molar-refractivity contribution < 1.29 is 0 Å². The molecule has 0 radical (unpaired) electrons. The van der Waals surface area contributed by atoms with Crippen molar-refractivity contribution in [3.8, 4) is 0 Å². The molecule has 0 aliphatic heterocycles. The Morgan fingerprint density at radius 1 is 1.12 bits per heavy atom. The Hall–Kier alpha value is -0.660. The van der Waals surface area contributed by atoms with Crippen LogP contribution in [0.5, 0.6) is 0 Å². The monoisotopic (exact) mass is 112 g/mol. The summed E-state index contributed by atoms with van der Waals surface area (Å²) in [5.74, 6) is 0.0370. The molecule has 2 nitrogen and oxygen atoms in total. The Labute approximate surface area is 49.9 Å². The van der Waals surface area contributed by atoms with Crippen LogP contribution in [0.3, 0.4) is 0 Å². The van der Waals surface area contributed by atoms with Gasteiger partial charge in [0.15, 0.2) is 0 Å². The zero-order valence-corrected chi connectivity index (χ0v) is 5.58. The topological polar surface area (TPSA) is 47.7 Å². The highest BCUT2D eigenvalue weighted by Gasteiger charge is 2.03. The first kappa shape index (κ1) is 7.34. The smallest absolute Gasteiger partial charge is 0.0309 e. The molecule has 0 fully saturated rings. The fraction of sp³-hybridized carbons (Fsp3) is 0.667. The summed E-state index contributed by atoms with van der Waals surface area (Å²) in [4.78, 5) is 0. The Kier molecular flexibility index (Phi) is 2.38. The van der Waals surface area contributed by atoms with E-state index in [-0.39, 0.29) is 5.92 Å². The van der Waals surface area contributed by atoms with Gasteiger partial charge in [0.1, 0.15) is 0 Å². The molecular weight excluding hydrogens is 100 g/mol. The molecule has 0 rings (SSSR count). The third kappa shape index (κ3) is 1.87. The first-order chi connectivity index (χ1) is 3.55. The van der Waals surface area contributed by atoms with Crippen molar-refractivity contribution in [2.45, 2.75) is 20.8 Å². The van der Waals surface area contributed by atoms with Crippen molar-refractivity contribution in [1.29, 1.82) is 10.8 Å². The molecule has 0 amide bonds. The molecule has 0 aromatic heterocycles. The van der Waals surface area contributed by atoms with Crippen LogP contribution in [-0.2, 0) is 0 Å². The minimum absolute atomic E-state index is 0.0370. The zero-order chi connectivity index (χ0) is 6.73. The van der Waals surface area contributed by atoms with Crippen molar-refractivity contribution in [1.82, 2.24) is 0 Å². The molecule has 0 spiro atoms. The van der Waals surface area contributed by atoms with E-state index in [4.69, 9.17) is 10.8 Å². The molecule has 0 heterocycles. The predicted octanol–water partition coefficient (Wildman–Crippen LogP) is 1.70. The van der Waals surface area contributed by atoms with Crippen LogP contribution < -0.4 is 0 Å². The Morgan fingerprint density at radius 3 is 1.38 bits per heavy atom. The summed E-state index contributed by atoms with van der Waals surface area (Å²) in [6.07, 6.45) is 0. The Bertz CT molecular complexity index is 102. The average molecular weight is 112 g/mol. The SMILES string of the molecule is CC(=N)C(C)C(C)=N. The van der Waals surface area contributed by atoms with Gasteiger partial charge in [-0.05, 0) is 13.8 Å². The van der Waals surface area contributed by atoms with Gasteiger partial charge in [-0.3, -0.25) is 0 Å². The van der Waals surface area contributed by atoms with Crippen molar-refractivity contribution in [2.24, 2.45) is 5.92 Å². The zero-order valence-electron chi connectivity index (χ0n) is 5.58. The maximum atomic E-state index is 7.09. The quantitative estimate of drug-likeness (QED) is 0.511. The molecule has 0 saturated heterocycles. The van der Waals surface area contributed by atoms with Crippen LogP contribution in [0.1, 0.15) is 20.8 Å². The fourth-order valence-electron chi connectivity index (χ4n) is 0.325. The number of nitrogens with one attached hydrogen (secondary N) is 2. The molecule has 46 valence electrons. The van der Waals surface area contributed by atoms with Gasteiger partial charge in [0.25, 0.3) is 0 Å². The van der Waals surface area contributed by atoms with E-state index in [1.165, 1.54) is 0 Å². The summed E-state index contributed by atoms with van der Waals surface area (Å²) in [5, 5.41) is 14.2. The van der Waals surface area contributed by atoms with Gasteiger partial charge in [0.05, 0.1) is 0 Å². The molecule has 0 saturated carbocycles. The molecule has 0 aromatic carbocycles. The molecule has 0 unspecified atom stereocenters. The van der Waals surface area contributed by atoms with Crippen LogP contribution in [0, 0.1) is 16.7 Å². The second-order valence-electron chi connectivity index (χ2n) is 2.09. The summed E-state index contributed by atoms with van der Waals surface area (Å²) in [6.45, 7) is 5.32. The third-order valence-electron chi connectivity index (χ3n) is 1.30. The van der Waals surface area contributed by atoms with Gasteiger partial charge in [-0.2, -0.15) is 0 Å². The lowest BCUT2D eigenvalue weighted by Gasteiger charge is -2.04. The molecule has 2 N–H and O–H groups in total. The fourth-order valence-corrected chi connectivity index (χ4v) is 0.325. The largest absolute Gasteiger partial charge is 0.309 e. The maximum Gasteiger partial charge on any atom is 0.0309 e. The van der Waals surface area contributed by atoms with Gasteiger partial charge in [-0.1, -0.05) is 6.92 Å². The van der Waals surface area contributed by atoms with Gasteiger partial charge in [-0.15, -0.1) is 0 Å². The molecule has 0 atom stereocenters. The van der Waals surface area contributed by atoms with E-state index in [1.54, 1.807) is 13.8 Å². The van der Waals surface area contributed by atoms with Crippen molar-refractivity contribution in [3.05, 3.63) is 0 Å². The van der Waals surface area contributed by atoms with Crippen LogP contribution in [0.25, 0.3) is 0 Å². The molecule has 8 heavy (non-hydrogen) atoms. The van der Waals surface area contributed by atoms with Crippen LogP contribution in [0.4, 0.5) is 0 Å². The van der Waals surface area contributed by atoms with E-state index < -0.39 is 0 Å². The van der Waals surface area contributed by atoms with E-state index >= 15 is 0 Å². The first-order valence-corrected chi connectivity index (χ1v) is 2.65. The maximum absolute atomic E-state index is 7.09. The number of hydrogen-bond donors (Lipinski definition) is 2. The van der Waals surface area contributed by atoms with E-state index in [1.807, 2.05) is 6.92 Å². The summed E-state index contributed by atoms with van der Waals surface area (Å²) in [6, 6.07) is 0. The summed E-state index contributed by atoms with van der Waals surface area (Å²) < 4.78 is 0. The number of rotatable bonds is 2. The standard InChI is InChI=1S/C6H12N2/c1-4(5(2)7)6(3)8/h4,7-8H,1-3H3. The highest BCUT2D eigenvalue weighted by molar-refractivity contribution is 6.02. The average Bonchev–Trinajstić information content (AvgIpc) is 1.64. The molecular formula is C6H12N2. The van der Waals surface area contributed by atoms with E-state index in [2.05, 4.69) is 0 Å². The second kappa shape index (κ2) is 2.60. The molecule has 0 aliphatic rings. The van der Waals surface area contributed by atoms with Gasteiger partial charge in [0, 0.05) is 17.3 Å². The van der Waals surface area contributed by atoms with Crippen molar-refractivity contribution >= 4 is 11.4 Å². The molecule has 0 aromatic rings. The normalized spacial score (nSPS) is 12.9. The highest BCUT2D eigenvalue weighted by Crippen LogP contribution is 1.96. The van der Waals surface area contributed by atoms with Crippen LogP contribution in [-0.4, -0.2) is 11.4 Å². The van der Waals surface area contributed by atoms with E-state index in [0.29, 0.717) is 11.4 Å². The van der Waals surface area contributed by atoms with Gasteiger partial charge in [-0.25, -0.2) is 0 Å². The summed E-state index contributed by atoms with van der Waals surface area (Å²) in [5.41, 5.74) is 1.13. The molecule has 0 aliphatic carbocycles. The minimum atomic E-state index is 0.0370. The summed E-state index contributed by atoms with van der Waals surface area (Å²) in [7, 11) is 0. The molecule has 0 bridgehead atoms. The Morgan fingerprint density at radius 2 is 1.38 bits per heavy atom. The summed E-state index contributed by atoms with van der Waals surface area (Å²) >= 11 is 0. The number of hydrogen-bond acceptors (Lipinski definition) is 2. The Balaban J connectivity index is 3.83. The van der Waals surface area contributed by atoms with Crippen molar-refractivity contribution in [2.75, 3.05) is 0 Å². The van der Waals surface area contributed by atoms with Gasteiger partial charge in [0.2, 0.25) is 0 Å². The van der Waals surface area contributed by atoms with Crippen molar-refractivity contribution in [3.63, 3.8) is 0 Å². The predicted molar refractivity (Wildman–Crippen MR) is 36.0 cm³/mol. The highest BCUT2D eigenvalue weighted by atomic mass is 14.5. The minimum Gasteiger partial charge on any atom is -0.309 e. The third-order valence-corrected chi connectivity index (χ3v) is 1.30. The van der Waals surface area contributed by atoms with Gasteiger partial charge < -0.3 is 10.8 Å². The van der Waals surface area contributed by atoms with E-state index in [9.17, 15) is 0 Å². The second-order valence-corrected chi connectivity index (χ2v) is 2.09. The van der Waals surface area contributed by atoms with Gasteiger partial charge >= 0.3 is 0 Å². The van der Waals surface area contributed by atoms with E-state index in [0.717, 1.165) is 0 Å². The lowest BCUT2D eigenvalue weighted by atomic mass is 10.0.